The molecule has 0 atom stereocenters. The summed E-state index contributed by atoms with van der Waals surface area (Å²) in [5.74, 6) is 0.579. The number of nitrogens with zero attached hydrogens (tertiary/aromatic N) is 1. The molecule has 15 heavy (non-hydrogen) atoms. The molecule has 1 aromatic rings. The van der Waals surface area contributed by atoms with E-state index in [4.69, 9.17) is 20.4 Å². The number of amidine groups is 1. The molecule has 82 valence electrons. The largest absolute Gasteiger partial charge is 0.496 e. The zero-order chi connectivity index (χ0) is 11.3. The fraction of sp³-hybridized carbons (Fsp3) is 0.300. The first-order chi connectivity index (χ1) is 7.22. The van der Waals surface area contributed by atoms with Crippen molar-refractivity contribution in [2.45, 2.75) is 6.61 Å². The lowest BCUT2D eigenvalue weighted by molar-refractivity contribution is 0.185. The van der Waals surface area contributed by atoms with Crippen molar-refractivity contribution >= 4 is 5.84 Å². The molecule has 0 saturated carbocycles. The molecule has 0 fully saturated rings. The Balaban J connectivity index is 3.13. The van der Waals surface area contributed by atoms with E-state index in [1.165, 1.54) is 7.11 Å². The van der Waals surface area contributed by atoms with Crippen LogP contribution in [0, 0.1) is 0 Å². The molecule has 1 rings (SSSR count). The Morgan fingerprint density at radius 3 is 2.73 bits per heavy atom. The van der Waals surface area contributed by atoms with E-state index in [-0.39, 0.29) is 5.84 Å². The van der Waals surface area contributed by atoms with E-state index in [0.717, 1.165) is 5.56 Å². The molecule has 0 radical (unpaired) electrons. The summed E-state index contributed by atoms with van der Waals surface area (Å²) in [6, 6.07) is 5.37. The molecule has 5 nitrogen and oxygen atoms in total. The molecule has 0 aliphatic carbocycles. The van der Waals surface area contributed by atoms with Crippen LogP contribution in [0.3, 0.4) is 0 Å². The van der Waals surface area contributed by atoms with E-state index in [0.29, 0.717) is 17.9 Å². The predicted molar refractivity (Wildman–Crippen MR) is 56.2 cm³/mol. The zero-order valence-corrected chi connectivity index (χ0v) is 8.73. The Kier molecular flexibility index (Phi) is 3.93. The van der Waals surface area contributed by atoms with E-state index in [9.17, 15) is 0 Å². The number of ether oxygens (including phenoxy) is 2. The van der Waals surface area contributed by atoms with Gasteiger partial charge in [-0.15, -0.1) is 0 Å². The lowest BCUT2D eigenvalue weighted by atomic mass is 10.1. The maximum atomic E-state index is 8.61. The Labute approximate surface area is 88.1 Å². The minimum atomic E-state index is 0.0183. The van der Waals surface area contributed by atoms with Crippen LogP contribution in [0.5, 0.6) is 5.75 Å². The van der Waals surface area contributed by atoms with Gasteiger partial charge in [0.1, 0.15) is 5.75 Å². The highest BCUT2D eigenvalue weighted by molar-refractivity contribution is 5.99. The first kappa shape index (κ1) is 11.3. The number of rotatable bonds is 4. The Morgan fingerprint density at radius 2 is 2.20 bits per heavy atom. The Bertz CT molecular complexity index is 364. The molecule has 0 unspecified atom stereocenters. The molecule has 3 N–H and O–H groups in total. The van der Waals surface area contributed by atoms with Gasteiger partial charge in [-0.05, 0) is 17.7 Å². The molecule has 1 aromatic carbocycles. The minimum Gasteiger partial charge on any atom is -0.496 e. The van der Waals surface area contributed by atoms with Crippen LogP contribution in [-0.4, -0.2) is 25.3 Å². The van der Waals surface area contributed by atoms with E-state index in [2.05, 4.69) is 5.16 Å². The van der Waals surface area contributed by atoms with Crippen LogP contribution in [0.25, 0.3) is 0 Å². The van der Waals surface area contributed by atoms with Gasteiger partial charge in [0.25, 0.3) is 0 Å². The van der Waals surface area contributed by atoms with Gasteiger partial charge in [-0.3, -0.25) is 0 Å². The van der Waals surface area contributed by atoms with Crippen molar-refractivity contribution in [3.63, 3.8) is 0 Å². The summed E-state index contributed by atoms with van der Waals surface area (Å²) in [6.07, 6.45) is 0. The van der Waals surface area contributed by atoms with Gasteiger partial charge in [0.15, 0.2) is 5.84 Å². The number of methoxy groups -OCH3 is 2. The smallest absolute Gasteiger partial charge is 0.173 e. The quantitative estimate of drug-likeness (QED) is 0.335. The Morgan fingerprint density at radius 1 is 1.47 bits per heavy atom. The molecular formula is C10H14N2O3. The van der Waals surface area contributed by atoms with Crippen molar-refractivity contribution in [1.29, 1.82) is 0 Å². The van der Waals surface area contributed by atoms with Crippen molar-refractivity contribution in [2.75, 3.05) is 14.2 Å². The van der Waals surface area contributed by atoms with Gasteiger partial charge in [0, 0.05) is 7.11 Å². The van der Waals surface area contributed by atoms with Crippen molar-refractivity contribution in [2.24, 2.45) is 10.9 Å². The minimum absolute atomic E-state index is 0.0183. The highest BCUT2D eigenvalue weighted by Crippen LogP contribution is 2.19. The molecule has 5 heteroatoms. The average Bonchev–Trinajstić information content (AvgIpc) is 2.28. The summed E-state index contributed by atoms with van der Waals surface area (Å²) in [5, 5.41) is 11.5. The maximum absolute atomic E-state index is 8.61. The van der Waals surface area contributed by atoms with Gasteiger partial charge < -0.3 is 20.4 Å². The molecule has 0 aliphatic heterocycles. The van der Waals surface area contributed by atoms with Crippen molar-refractivity contribution in [1.82, 2.24) is 0 Å². The van der Waals surface area contributed by atoms with Crippen molar-refractivity contribution in [3.8, 4) is 5.75 Å². The van der Waals surface area contributed by atoms with Crippen LogP contribution in [0.1, 0.15) is 11.1 Å². The fourth-order valence-electron chi connectivity index (χ4n) is 1.27. The SMILES string of the molecule is COCc1ccc(OC)c(C(N)=NO)c1. The van der Waals surface area contributed by atoms with Crippen molar-refractivity contribution in [3.05, 3.63) is 29.3 Å². The molecule has 0 aromatic heterocycles. The second-order valence-electron chi connectivity index (χ2n) is 2.95. The second-order valence-corrected chi connectivity index (χ2v) is 2.95. The highest BCUT2D eigenvalue weighted by Gasteiger charge is 2.08. The zero-order valence-electron chi connectivity index (χ0n) is 8.73. The number of oxime groups is 1. The van der Waals surface area contributed by atoms with E-state index < -0.39 is 0 Å². The third-order valence-electron chi connectivity index (χ3n) is 1.96. The van der Waals surface area contributed by atoms with Crippen LogP contribution in [0.15, 0.2) is 23.4 Å². The summed E-state index contributed by atoms with van der Waals surface area (Å²) in [4.78, 5) is 0. The predicted octanol–water partition coefficient (Wildman–Crippen LogP) is 0.936. The van der Waals surface area contributed by atoms with Crippen LogP contribution < -0.4 is 10.5 Å². The monoisotopic (exact) mass is 210 g/mol. The summed E-state index contributed by atoms with van der Waals surface area (Å²) < 4.78 is 10.1. The number of hydrogen-bond donors (Lipinski definition) is 2. The molecule has 0 amide bonds. The summed E-state index contributed by atoms with van der Waals surface area (Å²) in [7, 11) is 3.13. The highest BCUT2D eigenvalue weighted by atomic mass is 16.5. The standard InChI is InChI=1S/C10H14N2O3/c1-14-6-7-3-4-9(15-2)8(5-7)10(11)12-13/h3-5,13H,6H2,1-2H3,(H2,11,12). The first-order valence-corrected chi connectivity index (χ1v) is 4.36. The topological polar surface area (TPSA) is 77.1 Å². The maximum Gasteiger partial charge on any atom is 0.173 e. The van der Waals surface area contributed by atoms with Gasteiger partial charge in [0.05, 0.1) is 19.3 Å². The lowest BCUT2D eigenvalue weighted by Gasteiger charge is -2.09. The summed E-state index contributed by atoms with van der Waals surface area (Å²) in [5.41, 5.74) is 7.00. The summed E-state index contributed by atoms with van der Waals surface area (Å²) in [6.45, 7) is 0.468. The van der Waals surface area contributed by atoms with Gasteiger partial charge >= 0.3 is 0 Å². The molecular weight excluding hydrogens is 196 g/mol. The van der Waals surface area contributed by atoms with Gasteiger partial charge in [-0.1, -0.05) is 11.2 Å². The van der Waals surface area contributed by atoms with Crippen LogP contribution in [-0.2, 0) is 11.3 Å². The molecule has 0 aliphatic rings. The normalized spacial score (nSPS) is 11.5. The lowest BCUT2D eigenvalue weighted by Crippen LogP contribution is -2.14. The van der Waals surface area contributed by atoms with Gasteiger partial charge in [-0.2, -0.15) is 0 Å². The third kappa shape index (κ3) is 2.60. The second kappa shape index (κ2) is 5.21. The van der Waals surface area contributed by atoms with Crippen LogP contribution >= 0.6 is 0 Å². The fourth-order valence-corrected chi connectivity index (χ4v) is 1.27. The van der Waals surface area contributed by atoms with E-state index in [1.54, 1.807) is 19.2 Å². The molecule has 0 saturated heterocycles. The third-order valence-corrected chi connectivity index (χ3v) is 1.96. The van der Waals surface area contributed by atoms with Gasteiger partial charge in [-0.25, -0.2) is 0 Å². The Hall–Kier alpha value is -1.75. The molecule has 0 spiro atoms. The summed E-state index contributed by atoms with van der Waals surface area (Å²) >= 11 is 0. The van der Waals surface area contributed by atoms with E-state index in [1.807, 2.05) is 6.07 Å². The van der Waals surface area contributed by atoms with Gasteiger partial charge in [0.2, 0.25) is 0 Å². The average molecular weight is 210 g/mol. The van der Waals surface area contributed by atoms with Crippen LogP contribution in [0.4, 0.5) is 0 Å². The molecule has 0 heterocycles. The number of nitrogens with two attached hydrogens (primary N) is 1. The number of hydrogen-bond acceptors (Lipinski definition) is 4. The van der Waals surface area contributed by atoms with Crippen LogP contribution in [0.2, 0.25) is 0 Å². The van der Waals surface area contributed by atoms with Crippen molar-refractivity contribution < 1.29 is 14.7 Å². The first-order valence-electron chi connectivity index (χ1n) is 4.36. The number of benzene rings is 1. The molecule has 0 bridgehead atoms. The van der Waals surface area contributed by atoms with E-state index >= 15 is 0 Å².